The van der Waals surface area contributed by atoms with Crippen LogP contribution in [0.1, 0.15) is 11.1 Å². The van der Waals surface area contributed by atoms with Crippen LogP contribution in [0, 0.1) is 0 Å². The van der Waals surface area contributed by atoms with Crippen molar-refractivity contribution in [2.45, 2.75) is 13.1 Å². The van der Waals surface area contributed by atoms with E-state index in [1.807, 2.05) is 0 Å². The normalized spacial score (nSPS) is 17.3. The third kappa shape index (κ3) is 0.929. The van der Waals surface area contributed by atoms with Gasteiger partial charge < -0.3 is 0 Å². The molecule has 1 nitrogen and oxygen atoms in total. The van der Waals surface area contributed by atoms with E-state index in [4.69, 9.17) is 0 Å². The second-order valence-corrected chi connectivity index (χ2v) is 2.99. The molecule has 0 unspecified atom stereocenters. The summed E-state index contributed by atoms with van der Waals surface area (Å²) in [5.41, 5.74) is 2.87. The molecule has 0 radical (unpaired) electrons. The summed E-state index contributed by atoms with van der Waals surface area (Å²) in [6.45, 7) is 2.21. The van der Waals surface area contributed by atoms with Gasteiger partial charge in [0.1, 0.15) is 0 Å². The Balaban J connectivity index is 2.43. The highest BCUT2D eigenvalue weighted by Gasteiger charge is 2.07. The molecule has 52 valence electrons. The molecule has 10 heavy (non-hydrogen) atoms. The van der Waals surface area contributed by atoms with E-state index in [2.05, 4.69) is 36.2 Å². The molecule has 0 aliphatic carbocycles. The number of fused-ring (bicyclic) bond motifs is 2. The Bertz CT molecular complexity index is 221. The van der Waals surface area contributed by atoms with Crippen molar-refractivity contribution in [1.29, 1.82) is 0 Å². The monoisotopic (exact) mass is 133 g/mol. The minimum atomic E-state index is 1.10. The van der Waals surface area contributed by atoms with Crippen molar-refractivity contribution in [1.82, 2.24) is 4.90 Å². The van der Waals surface area contributed by atoms with E-state index in [1.54, 1.807) is 0 Å². The predicted molar refractivity (Wildman–Crippen MR) is 41.6 cm³/mol. The second kappa shape index (κ2) is 2.10. The predicted octanol–water partition coefficient (Wildman–Crippen LogP) is 1.63. The Labute approximate surface area is 61.3 Å². The third-order valence-electron chi connectivity index (χ3n) is 1.90. The van der Waals surface area contributed by atoms with Crippen LogP contribution in [0.3, 0.4) is 0 Å². The minimum Gasteiger partial charge on any atom is -0.298 e. The van der Waals surface area contributed by atoms with Crippen molar-refractivity contribution in [3.05, 3.63) is 35.4 Å². The molecule has 1 aromatic rings. The molecule has 0 fully saturated rings. The molecule has 0 atom stereocenters. The average molecular weight is 133 g/mol. The summed E-state index contributed by atoms with van der Waals surface area (Å²) in [7, 11) is 2.15. The fourth-order valence-electron chi connectivity index (χ4n) is 1.51. The van der Waals surface area contributed by atoms with Crippen LogP contribution in [0.15, 0.2) is 24.3 Å². The summed E-state index contributed by atoms with van der Waals surface area (Å²) < 4.78 is 0. The van der Waals surface area contributed by atoms with E-state index in [-0.39, 0.29) is 0 Å². The molecule has 1 heterocycles. The smallest absolute Gasteiger partial charge is 0.0234 e. The van der Waals surface area contributed by atoms with Crippen LogP contribution in [-0.4, -0.2) is 11.9 Å². The summed E-state index contributed by atoms with van der Waals surface area (Å²) in [5.74, 6) is 0. The average Bonchev–Trinajstić information content (AvgIpc) is 1.85. The van der Waals surface area contributed by atoms with Crippen LogP contribution in [-0.2, 0) is 13.1 Å². The first-order chi connectivity index (χ1) is 4.84. The lowest BCUT2D eigenvalue weighted by Gasteiger charge is -2.22. The van der Waals surface area contributed by atoms with Crippen molar-refractivity contribution < 1.29 is 0 Å². The van der Waals surface area contributed by atoms with Gasteiger partial charge in [0.25, 0.3) is 0 Å². The van der Waals surface area contributed by atoms with Gasteiger partial charge in [0.2, 0.25) is 0 Å². The first-order valence-electron chi connectivity index (χ1n) is 3.61. The van der Waals surface area contributed by atoms with Gasteiger partial charge in [-0.05, 0) is 18.2 Å². The Morgan fingerprint density at radius 3 is 2.40 bits per heavy atom. The van der Waals surface area contributed by atoms with Gasteiger partial charge in [0, 0.05) is 13.1 Å². The summed E-state index contributed by atoms with van der Waals surface area (Å²) in [6, 6.07) is 8.77. The van der Waals surface area contributed by atoms with Crippen molar-refractivity contribution in [3.63, 3.8) is 0 Å². The van der Waals surface area contributed by atoms with Crippen molar-refractivity contribution >= 4 is 0 Å². The highest BCUT2D eigenvalue weighted by Crippen LogP contribution is 2.15. The minimum absolute atomic E-state index is 1.10. The first kappa shape index (κ1) is 5.93. The van der Waals surface area contributed by atoms with Crippen LogP contribution in [0.25, 0.3) is 0 Å². The van der Waals surface area contributed by atoms with Gasteiger partial charge in [-0.25, -0.2) is 0 Å². The van der Waals surface area contributed by atoms with Crippen LogP contribution in [0.2, 0.25) is 0 Å². The van der Waals surface area contributed by atoms with Gasteiger partial charge in [-0.2, -0.15) is 0 Å². The number of hydrogen-bond acceptors (Lipinski definition) is 1. The highest BCUT2D eigenvalue weighted by atomic mass is 15.1. The van der Waals surface area contributed by atoms with Crippen molar-refractivity contribution in [3.8, 4) is 0 Å². The fourth-order valence-corrected chi connectivity index (χ4v) is 1.51. The number of rotatable bonds is 0. The zero-order chi connectivity index (χ0) is 6.97. The van der Waals surface area contributed by atoms with Crippen LogP contribution in [0.4, 0.5) is 0 Å². The summed E-state index contributed by atoms with van der Waals surface area (Å²) in [6.07, 6.45) is 0. The maximum absolute atomic E-state index is 2.32. The Morgan fingerprint density at radius 2 is 1.80 bits per heavy atom. The molecule has 0 aromatic heterocycles. The zero-order valence-electron chi connectivity index (χ0n) is 6.17. The molecule has 1 aliphatic heterocycles. The SMILES string of the molecule is CN1Cc2cccc(c2)C1. The largest absolute Gasteiger partial charge is 0.298 e. The van der Waals surface area contributed by atoms with Crippen LogP contribution < -0.4 is 0 Å². The molecule has 0 amide bonds. The quantitative estimate of drug-likeness (QED) is 0.520. The topological polar surface area (TPSA) is 3.24 Å². The Kier molecular flexibility index (Phi) is 1.24. The van der Waals surface area contributed by atoms with Crippen molar-refractivity contribution in [2.24, 2.45) is 0 Å². The van der Waals surface area contributed by atoms with Gasteiger partial charge in [0.05, 0.1) is 0 Å². The second-order valence-electron chi connectivity index (χ2n) is 2.99. The van der Waals surface area contributed by atoms with E-state index < -0.39 is 0 Å². The first-order valence-corrected chi connectivity index (χ1v) is 3.61. The molecule has 0 saturated carbocycles. The van der Waals surface area contributed by atoms with Crippen LogP contribution in [0.5, 0.6) is 0 Å². The van der Waals surface area contributed by atoms with E-state index in [0.29, 0.717) is 0 Å². The fraction of sp³-hybridized carbons (Fsp3) is 0.333. The molecule has 2 bridgehead atoms. The molecule has 1 aliphatic rings. The van der Waals surface area contributed by atoms with E-state index >= 15 is 0 Å². The third-order valence-corrected chi connectivity index (χ3v) is 1.90. The highest BCUT2D eigenvalue weighted by molar-refractivity contribution is 5.25. The summed E-state index contributed by atoms with van der Waals surface area (Å²) in [4.78, 5) is 2.32. The van der Waals surface area contributed by atoms with Gasteiger partial charge in [0.15, 0.2) is 0 Å². The van der Waals surface area contributed by atoms with Crippen LogP contribution >= 0.6 is 0 Å². The molecule has 1 aromatic carbocycles. The van der Waals surface area contributed by atoms with Gasteiger partial charge in [-0.1, -0.05) is 24.3 Å². The van der Waals surface area contributed by atoms with Gasteiger partial charge in [-0.3, -0.25) is 4.90 Å². The van der Waals surface area contributed by atoms with E-state index in [9.17, 15) is 0 Å². The molecule has 2 rings (SSSR count). The Morgan fingerprint density at radius 1 is 1.20 bits per heavy atom. The maximum Gasteiger partial charge on any atom is 0.0234 e. The summed E-state index contributed by atoms with van der Waals surface area (Å²) in [5, 5.41) is 0. The molecular weight excluding hydrogens is 122 g/mol. The Hall–Kier alpha value is -0.820. The lowest BCUT2D eigenvalue weighted by Crippen LogP contribution is -2.20. The van der Waals surface area contributed by atoms with Crippen molar-refractivity contribution in [2.75, 3.05) is 7.05 Å². The number of hydrogen-bond donors (Lipinski definition) is 0. The molecule has 1 heteroatoms. The molecular formula is C9H11N. The number of nitrogens with zero attached hydrogens (tertiary/aromatic N) is 1. The lowest BCUT2D eigenvalue weighted by molar-refractivity contribution is 0.309. The number of benzene rings is 1. The molecule has 0 N–H and O–H groups in total. The van der Waals surface area contributed by atoms with E-state index in [1.165, 1.54) is 11.1 Å². The molecule has 0 saturated heterocycles. The van der Waals surface area contributed by atoms with Gasteiger partial charge >= 0.3 is 0 Å². The maximum atomic E-state index is 2.32. The van der Waals surface area contributed by atoms with Gasteiger partial charge in [-0.15, -0.1) is 0 Å². The lowest BCUT2D eigenvalue weighted by atomic mass is 10.1. The summed E-state index contributed by atoms with van der Waals surface area (Å²) >= 11 is 0. The molecule has 0 spiro atoms. The zero-order valence-corrected chi connectivity index (χ0v) is 6.17. The standard InChI is InChI=1S/C9H11N/c1-10-6-8-3-2-4-9(5-8)7-10/h2-5H,6-7H2,1H3. The van der Waals surface area contributed by atoms with E-state index in [0.717, 1.165) is 13.1 Å².